The van der Waals surface area contributed by atoms with Gasteiger partial charge in [0.1, 0.15) is 0 Å². The van der Waals surface area contributed by atoms with Crippen LogP contribution in [-0.2, 0) is 19.1 Å². The number of carbonyl (C=O) groups is 3. The van der Waals surface area contributed by atoms with E-state index in [1.165, 1.54) is 28.4 Å². The Morgan fingerprint density at radius 3 is 2.41 bits per heavy atom. The zero-order valence-electron chi connectivity index (χ0n) is 20.0. The first-order valence-corrected chi connectivity index (χ1v) is 12.3. The van der Waals surface area contributed by atoms with Gasteiger partial charge in [0.15, 0.2) is 5.13 Å². The lowest BCUT2D eigenvalue weighted by molar-refractivity contribution is -0.137. The molecule has 4 rings (SSSR count). The quantitative estimate of drug-likeness (QED) is 0.424. The summed E-state index contributed by atoms with van der Waals surface area (Å²) < 4.78 is 38.4. The molecule has 1 aliphatic heterocycles. The highest BCUT2D eigenvalue weighted by Crippen LogP contribution is 2.31. The van der Waals surface area contributed by atoms with Gasteiger partial charge < -0.3 is 15.5 Å². The summed E-state index contributed by atoms with van der Waals surface area (Å²) in [5, 5.41) is 8.45. The number of para-hydroxylation sites is 1. The number of halogens is 3. The summed E-state index contributed by atoms with van der Waals surface area (Å²) in [5.41, 5.74) is 0.756. The lowest BCUT2D eigenvalue weighted by Crippen LogP contribution is -2.35. The van der Waals surface area contributed by atoms with Gasteiger partial charge >= 0.3 is 12.2 Å². The topological polar surface area (TPSA) is 103 Å². The van der Waals surface area contributed by atoms with Crippen molar-refractivity contribution in [2.45, 2.75) is 39.0 Å². The third kappa shape index (κ3) is 6.26. The normalized spacial score (nSPS) is 13.2. The first-order valence-electron chi connectivity index (χ1n) is 11.4. The molecule has 194 valence electrons. The van der Waals surface area contributed by atoms with Gasteiger partial charge in [0, 0.05) is 29.4 Å². The van der Waals surface area contributed by atoms with Crippen LogP contribution in [0.4, 0.5) is 28.8 Å². The summed E-state index contributed by atoms with van der Waals surface area (Å²) in [6, 6.07) is 10.1. The van der Waals surface area contributed by atoms with Gasteiger partial charge in [-0.25, -0.2) is 9.78 Å². The fraction of sp³-hybridized carbons (Fsp3) is 0.280. The monoisotopic (exact) mass is 531 g/mol. The molecule has 12 heteroatoms. The Balaban J connectivity index is 1.40. The minimum atomic E-state index is -4.47. The number of fused-ring (bicyclic) bond motifs is 1. The largest absolute Gasteiger partial charge is 0.416 e. The maximum atomic E-state index is 12.8. The number of aromatic nitrogens is 1. The lowest BCUT2D eigenvalue weighted by Gasteiger charge is -2.26. The van der Waals surface area contributed by atoms with Crippen LogP contribution in [-0.4, -0.2) is 40.3 Å². The van der Waals surface area contributed by atoms with Crippen LogP contribution in [0.15, 0.2) is 48.5 Å². The second-order valence-corrected chi connectivity index (χ2v) is 9.78. The molecule has 0 aliphatic carbocycles. The van der Waals surface area contributed by atoms with E-state index in [9.17, 15) is 27.6 Å². The molecule has 37 heavy (non-hydrogen) atoms. The van der Waals surface area contributed by atoms with Crippen molar-refractivity contribution < 1.29 is 27.6 Å². The number of hydrogen-bond acceptors (Lipinski definition) is 5. The van der Waals surface area contributed by atoms with E-state index in [0.717, 1.165) is 22.7 Å². The van der Waals surface area contributed by atoms with Crippen molar-refractivity contribution in [3.8, 4) is 0 Å². The predicted octanol–water partition coefficient (Wildman–Crippen LogP) is 5.14. The Labute approximate surface area is 214 Å². The standard InChI is InChI=1S/C25H24F3N5O3S/c1-14(2)29-21(34)17-5-3-4-6-18(17)30-23(36)32-24-31-19-11-12-33(13-20(19)37-24)22(35)15-7-9-16(10-8-15)25(26,27)28/h3-10,14H,11-13H2,1-2H3,(H,29,34)(H2,30,31,32,36). The Bertz CT molecular complexity index is 1320. The molecular weight excluding hydrogens is 507 g/mol. The maximum absolute atomic E-state index is 12.8. The molecule has 1 aliphatic rings. The molecule has 2 aromatic carbocycles. The van der Waals surface area contributed by atoms with Gasteiger partial charge in [-0.1, -0.05) is 23.5 Å². The predicted molar refractivity (Wildman–Crippen MR) is 134 cm³/mol. The van der Waals surface area contributed by atoms with E-state index in [0.29, 0.717) is 29.3 Å². The summed E-state index contributed by atoms with van der Waals surface area (Å²) in [7, 11) is 0. The highest BCUT2D eigenvalue weighted by molar-refractivity contribution is 7.15. The van der Waals surface area contributed by atoms with Crippen molar-refractivity contribution in [1.82, 2.24) is 15.2 Å². The van der Waals surface area contributed by atoms with Crippen LogP contribution >= 0.6 is 11.3 Å². The molecule has 3 N–H and O–H groups in total. The number of rotatable bonds is 5. The highest BCUT2D eigenvalue weighted by atomic mass is 32.1. The Morgan fingerprint density at radius 1 is 1.03 bits per heavy atom. The van der Waals surface area contributed by atoms with Crippen molar-refractivity contribution in [2.75, 3.05) is 17.2 Å². The van der Waals surface area contributed by atoms with E-state index in [2.05, 4.69) is 20.9 Å². The second kappa shape index (κ2) is 10.6. The molecule has 0 saturated heterocycles. The van der Waals surface area contributed by atoms with E-state index in [1.807, 2.05) is 13.8 Å². The summed E-state index contributed by atoms with van der Waals surface area (Å²) in [5.74, 6) is -0.690. The third-order valence-electron chi connectivity index (χ3n) is 5.54. The Morgan fingerprint density at radius 2 is 1.73 bits per heavy atom. The van der Waals surface area contributed by atoms with Crippen molar-refractivity contribution in [3.63, 3.8) is 0 Å². The van der Waals surface area contributed by atoms with Crippen molar-refractivity contribution in [2.24, 2.45) is 0 Å². The molecular formula is C25H24F3N5O3S. The molecule has 0 atom stereocenters. The van der Waals surface area contributed by atoms with Crippen LogP contribution in [0.2, 0.25) is 0 Å². The molecule has 0 fully saturated rings. The highest BCUT2D eigenvalue weighted by Gasteiger charge is 2.31. The number of amides is 4. The molecule has 4 amide bonds. The SMILES string of the molecule is CC(C)NC(=O)c1ccccc1NC(=O)Nc1nc2c(s1)CN(C(=O)c1ccc(C(F)(F)F)cc1)CC2. The summed E-state index contributed by atoms with van der Waals surface area (Å²) in [6.07, 6.45) is -4.03. The smallest absolute Gasteiger partial charge is 0.350 e. The molecule has 2 heterocycles. The fourth-order valence-corrected chi connectivity index (χ4v) is 4.81. The van der Waals surface area contributed by atoms with E-state index >= 15 is 0 Å². The Hall–Kier alpha value is -3.93. The Kier molecular flexibility index (Phi) is 7.48. The summed E-state index contributed by atoms with van der Waals surface area (Å²) >= 11 is 1.21. The van der Waals surface area contributed by atoms with E-state index in [1.54, 1.807) is 24.3 Å². The van der Waals surface area contributed by atoms with Crippen molar-refractivity contribution >= 4 is 40.0 Å². The number of anilines is 2. The molecule has 0 spiro atoms. The van der Waals surface area contributed by atoms with Gasteiger partial charge in [0.2, 0.25) is 0 Å². The van der Waals surface area contributed by atoms with Crippen molar-refractivity contribution in [3.05, 3.63) is 75.8 Å². The second-order valence-electron chi connectivity index (χ2n) is 8.69. The fourth-order valence-electron chi connectivity index (χ4n) is 3.79. The van der Waals surface area contributed by atoms with Gasteiger partial charge in [-0.05, 0) is 50.2 Å². The molecule has 0 radical (unpaired) electrons. The van der Waals surface area contributed by atoms with Gasteiger partial charge in [-0.15, -0.1) is 0 Å². The molecule has 1 aromatic heterocycles. The van der Waals surface area contributed by atoms with Crippen molar-refractivity contribution in [1.29, 1.82) is 0 Å². The van der Waals surface area contributed by atoms with Crippen LogP contribution in [0.1, 0.15) is 50.7 Å². The van der Waals surface area contributed by atoms with Gasteiger partial charge in [-0.2, -0.15) is 13.2 Å². The molecule has 0 bridgehead atoms. The van der Waals surface area contributed by atoms with Crippen LogP contribution in [0.25, 0.3) is 0 Å². The zero-order chi connectivity index (χ0) is 26.7. The van der Waals surface area contributed by atoms with Crippen LogP contribution < -0.4 is 16.0 Å². The van der Waals surface area contributed by atoms with E-state index in [4.69, 9.17) is 0 Å². The van der Waals surface area contributed by atoms with Crippen LogP contribution in [0, 0.1) is 0 Å². The molecule has 8 nitrogen and oxygen atoms in total. The van der Waals surface area contributed by atoms with Gasteiger partial charge in [-0.3, -0.25) is 14.9 Å². The number of benzene rings is 2. The molecule has 0 unspecified atom stereocenters. The molecule has 0 saturated carbocycles. The maximum Gasteiger partial charge on any atom is 0.416 e. The van der Waals surface area contributed by atoms with Crippen LogP contribution in [0.3, 0.4) is 0 Å². The average molecular weight is 532 g/mol. The first kappa shape index (κ1) is 26.1. The zero-order valence-corrected chi connectivity index (χ0v) is 20.8. The summed E-state index contributed by atoms with van der Waals surface area (Å²) in [4.78, 5) is 44.6. The number of urea groups is 1. The van der Waals surface area contributed by atoms with Crippen LogP contribution in [0.5, 0.6) is 0 Å². The minimum absolute atomic E-state index is 0.0679. The molecule has 3 aromatic rings. The van der Waals surface area contributed by atoms with Gasteiger partial charge in [0.05, 0.1) is 29.1 Å². The minimum Gasteiger partial charge on any atom is -0.350 e. The number of hydrogen-bond donors (Lipinski definition) is 3. The lowest BCUT2D eigenvalue weighted by atomic mass is 10.1. The number of alkyl halides is 3. The van der Waals surface area contributed by atoms with E-state index in [-0.39, 0.29) is 30.0 Å². The summed E-state index contributed by atoms with van der Waals surface area (Å²) in [6.45, 7) is 4.25. The number of nitrogens with zero attached hydrogens (tertiary/aromatic N) is 2. The van der Waals surface area contributed by atoms with E-state index < -0.39 is 17.8 Å². The average Bonchev–Trinajstić information content (AvgIpc) is 3.24. The number of carbonyl (C=O) groups excluding carboxylic acids is 3. The number of nitrogens with one attached hydrogen (secondary N) is 3. The first-order chi connectivity index (χ1) is 17.5. The van der Waals surface area contributed by atoms with Gasteiger partial charge in [0.25, 0.3) is 11.8 Å². The third-order valence-corrected chi connectivity index (χ3v) is 6.54. The number of thiazole rings is 1.